The fourth-order valence-corrected chi connectivity index (χ4v) is 7.58. The summed E-state index contributed by atoms with van der Waals surface area (Å²) >= 11 is 0. The average Bonchev–Trinajstić information content (AvgIpc) is 3.32. The summed E-state index contributed by atoms with van der Waals surface area (Å²) in [5, 5.41) is 18.8. The normalized spacial score (nSPS) is 12.5. The monoisotopic (exact) mass is 894 g/mol. The highest BCUT2D eigenvalue weighted by Crippen LogP contribution is 2.44. The first-order valence-corrected chi connectivity index (χ1v) is 20.9. The van der Waals surface area contributed by atoms with E-state index in [0.29, 0.717) is 52.6 Å². The van der Waals surface area contributed by atoms with E-state index >= 15 is 0 Å². The van der Waals surface area contributed by atoms with E-state index in [1.165, 1.54) is 0 Å². The zero-order valence-corrected chi connectivity index (χ0v) is 36.5. The summed E-state index contributed by atoms with van der Waals surface area (Å²) in [5.41, 5.74) is 1.79. The number of hydrogen-bond acceptors (Lipinski definition) is 20. The lowest BCUT2D eigenvalue weighted by atomic mass is 9.75. The van der Waals surface area contributed by atoms with Crippen LogP contribution in [0.2, 0.25) is 0 Å². The fourth-order valence-electron chi connectivity index (χ4n) is 7.58. The second-order valence-corrected chi connectivity index (χ2v) is 14.8. The van der Waals surface area contributed by atoms with E-state index in [1.807, 2.05) is 0 Å². The number of rotatable bonds is 21. The highest BCUT2D eigenvalue weighted by atomic mass is 16.5. The van der Waals surface area contributed by atoms with Crippen molar-refractivity contribution < 1.29 is 38.1 Å². The van der Waals surface area contributed by atoms with E-state index in [0.717, 1.165) is 0 Å². The molecule has 0 spiro atoms. The lowest BCUT2D eigenvalue weighted by Crippen LogP contribution is -2.25. The third-order valence-electron chi connectivity index (χ3n) is 10.6. The lowest BCUT2D eigenvalue weighted by Gasteiger charge is -2.26. The Balaban J connectivity index is 1.28. The van der Waals surface area contributed by atoms with Gasteiger partial charge in [-0.05, 0) is 23.3 Å². The number of ketones is 4. The molecule has 2 aromatic heterocycles. The summed E-state index contributed by atoms with van der Waals surface area (Å²) in [4.78, 5) is 86.2. The number of ether oxygens (including phenoxy) is 4. The van der Waals surface area contributed by atoms with Crippen molar-refractivity contribution in [1.29, 1.82) is 0 Å². The van der Waals surface area contributed by atoms with Gasteiger partial charge in [-0.15, -0.1) is 0 Å². The minimum Gasteiger partial charge on any atom is -0.383 e. The topological polar surface area (TPSA) is 255 Å². The molecule has 0 saturated heterocycles. The summed E-state index contributed by atoms with van der Waals surface area (Å²) < 4.78 is 20.7. The summed E-state index contributed by atoms with van der Waals surface area (Å²) in [5.74, 6) is -0.797. The highest BCUT2D eigenvalue weighted by molar-refractivity contribution is 6.35. The second-order valence-electron chi connectivity index (χ2n) is 14.8. The number of anilines is 8. The molecule has 8 rings (SSSR count). The van der Waals surface area contributed by atoms with Gasteiger partial charge in [0.05, 0.1) is 48.9 Å². The maximum Gasteiger partial charge on any atom is 0.233 e. The number of nitrogens with zero attached hydrogens (tertiary/aromatic N) is 6. The summed E-state index contributed by atoms with van der Waals surface area (Å²) in [6, 6.07) is 19.6. The van der Waals surface area contributed by atoms with Gasteiger partial charge in [0.15, 0.2) is 23.1 Å². The first kappa shape index (κ1) is 44.8. The standard InChI is InChI=1S/C46H46N12O8/c1-63-21-17-47-41-53-42(48-18-22-64-2)56-45(55-41)51-31-15-13-25(33-35(31)39(61)29-11-7-5-9-27(29)37(33)59)26-14-16-32(36-34(26)38(60)28-10-6-8-12-30(28)40(36)62)52-46-57-43(49-19-23-65-3)54-44(58-46)50-20-24-66-4/h5-16H,17-24H2,1-4H3,(H3,47,48,51,53,55,56)(H3,49,50,52,54,57,58). The Hall–Kier alpha value is -7.78. The minimum atomic E-state index is -0.462. The van der Waals surface area contributed by atoms with Crippen molar-refractivity contribution >= 4 is 70.2 Å². The van der Waals surface area contributed by atoms with Gasteiger partial charge in [-0.2, -0.15) is 29.9 Å². The van der Waals surface area contributed by atoms with E-state index in [1.54, 1.807) is 101 Å². The minimum absolute atomic E-state index is 0.0210. The molecule has 2 heterocycles. The van der Waals surface area contributed by atoms with Crippen LogP contribution >= 0.6 is 0 Å². The van der Waals surface area contributed by atoms with Gasteiger partial charge in [0.2, 0.25) is 35.7 Å². The predicted molar refractivity (Wildman–Crippen MR) is 246 cm³/mol. The quantitative estimate of drug-likeness (QED) is 0.0519. The number of carbonyl (C=O) groups excluding carboxylic acids is 4. The lowest BCUT2D eigenvalue weighted by molar-refractivity contribution is 0.0978. The molecular formula is C46H46N12O8. The van der Waals surface area contributed by atoms with Crippen LogP contribution in [0.4, 0.5) is 47.1 Å². The van der Waals surface area contributed by atoms with Gasteiger partial charge >= 0.3 is 0 Å². The largest absolute Gasteiger partial charge is 0.383 e. The van der Waals surface area contributed by atoms with Crippen LogP contribution < -0.4 is 31.9 Å². The van der Waals surface area contributed by atoms with Crippen molar-refractivity contribution in [2.24, 2.45) is 0 Å². The molecule has 4 aromatic carbocycles. The molecule has 0 bridgehead atoms. The van der Waals surface area contributed by atoms with Crippen LogP contribution in [0.3, 0.4) is 0 Å². The van der Waals surface area contributed by atoms with Crippen molar-refractivity contribution in [3.63, 3.8) is 0 Å². The fraction of sp³-hybridized carbons (Fsp3) is 0.261. The summed E-state index contributed by atoms with van der Waals surface area (Å²) in [6.07, 6.45) is 0. The molecule has 0 saturated carbocycles. The van der Waals surface area contributed by atoms with Crippen LogP contribution in [-0.4, -0.2) is 134 Å². The Morgan fingerprint density at radius 3 is 0.909 bits per heavy atom. The van der Waals surface area contributed by atoms with Gasteiger partial charge in [-0.3, -0.25) is 19.2 Å². The molecular weight excluding hydrogens is 849 g/mol. The summed E-state index contributed by atoms with van der Waals surface area (Å²) in [7, 11) is 6.30. The smallest absolute Gasteiger partial charge is 0.233 e. The van der Waals surface area contributed by atoms with Crippen molar-refractivity contribution in [3.8, 4) is 11.1 Å². The Morgan fingerprint density at radius 1 is 0.348 bits per heavy atom. The Labute approximate surface area is 378 Å². The molecule has 0 unspecified atom stereocenters. The molecule has 20 heteroatoms. The molecule has 6 N–H and O–H groups in total. The van der Waals surface area contributed by atoms with Crippen LogP contribution in [0.1, 0.15) is 63.7 Å². The van der Waals surface area contributed by atoms with Gasteiger partial charge in [-0.25, -0.2) is 0 Å². The number of nitrogens with one attached hydrogen (secondary N) is 6. The third-order valence-corrected chi connectivity index (χ3v) is 10.6. The summed E-state index contributed by atoms with van der Waals surface area (Å²) in [6.45, 7) is 3.10. The molecule has 6 aromatic rings. The molecule has 0 radical (unpaired) electrons. The maximum atomic E-state index is 14.8. The van der Waals surface area contributed by atoms with Gasteiger partial charge < -0.3 is 50.8 Å². The molecule has 66 heavy (non-hydrogen) atoms. The SMILES string of the molecule is COCCNc1nc(NCCOC)nc(Nc2ccc(-c3ccc(Nc4nc(NCCOC)nc(NCCOC)n4)c4c3C(=O)c3ccccc3C4=O)c3c2C(=O)c2ccccc2C3=O)n1. The van der Waals surface area contributed by atoms with E-state index < -0.39 is 23.1 Å². The average molecular weight is 895 g/mol. The number of methoxy groups -OCH3 is 4. The van der Waals surface area contributed by atoms with Crippen LogP contribution in [-0.2, 0) is 18.9 Å². The molecule has 0 fully saturated rings. The van der Waals surface area contributed by atoms with Gasteiger partial charge in [0.25, 0.3) is 0 Å². The number of hydrogen-bond donors (Lipinski definition) is 6. The van der Waals surface area contributed by atoms with Crippen molar-refractivity contribution in [1.82, 2.24) is 29.9 Å². The molecule has 20 nitrogen and oxygen atoms in total. The Bertz CT molecular complexity index is 2590. The first-order chi connectivity index (χ1) is 32.2. The highest BCUT2D eigenvalue weighted by Gasteiger charge is 2.38. The van der Waals surface area contributed by atoms with Crippen molar-refractivity contribution in [2.45, 2.75) is 0 Å². The number of carbonyl (C=O) groups is 4. The van der Waals surface area contributed by atoms with Gasteiger partial charge in [0.1, 0.15) is 0 Å². The molecule has 2 aliphatic rings. The van der Waals surface area contributed by atoms with Crippen LogP contribution in [0.5, 0.6) is 0 Å². The van der Waals surface area contributed by atoms with Crippen molar-refractivity contribution in [2.75, 3.05) is 113 Å². The third kappa shape index (κ3) is 9.24. The molecule has 0 atom stereocenters. The zero-order valence-electron chi connectivity index (χ0n) is 36.5. The van der Waals surface area contributed by atoms with E-state index in [9.17, 15) is 19.2 Å². The predicted octanol–water partition coefficient (Wildman–Crippen LogP) is 4.99. The van der Waals surface area contributed by atoms with E-state index in [-0.39, 0.29) is 103 Å². The van der Waals surface area contributed by atoms with Gasteiger partial charge in [-0.1, -0.05) is 60.7 Å². The zero-order chi connectivity index (χ0) is 46.2. The molecule has 338 valence electrons. The Morgan fingerprint density at radius 2 is 0.621 bits per heavy atom. The second kappa shape index (κ2) is 20.4. The van der Waals surface area contributed by atoms with Crippen LogP contribution in [0.15, 0.2) is 72.8 Å². The number of fused-ring (bicyclic) bond motifs is 4. The van der Waals surface area contributed by atoms with Gasteiger partial charge in [0, 0.05) is 88.0 Å². The number of benzene rings is 4. The first-order valence-electron chi connectivity index (χ1n) is 20.9. The molecule has 0 amide bonds. The molecule has 2 aliphatic carbocycles. The number of aromatic nitrogens is 6. The van der Waals surface area contributed by atoms with Crippen LogP contribution in [0.25, 0.3) is 11.1 Å². The maximum absolute atomic E-state index is 14.8. The van der Waals surface area contributed by atoms with E-state index in [2.05, 4.69) is 61.8 Å². The Kier molecular flexibility index (Phi) is 13.8. The van der Waals surface area contributed by atoms with E-state index in [4.69, 9.17) is 18.9 Å². The van der Waals surface area contributed by atoms with Crippen molar-refractivity contribution in [3.05, 3.63) is 117 Å². The molecule has 0 aliphatic heterocycles. The van der Waals surface area contributed by atoms with Crippen LogP contribution in [0, 0.1) is 0 Å².